The van der Waals surface area contributed by atoms with Gasteiger partial charge in [-0.15, -0.1) is 0 Å². The molecule has 2 rings (SSSR count). The van der Waals surface area contributed by atoms with Gasteiger partial charge >= 0.3 is 0 Å². The van der Waals surface area contributed by atoms with Crippen LogP contribution in [0.3, 0.4) is 0 Å². The van der Waals surface area contributed by atoms with E-state index >= 15 is 0 Å². The summed E-state index contributed by atoms with van der Waals surface area (Å²) >= 11 is 0. The van der Waals surface area contributed by atoms with Crippen LogP contribution in [0.5, 0.6) is 11.5 Å². The SMILES string of the molecule is COc1cc(NS(=O)(=O)CCCn2cc[n+](C)c2)c(O)cc1NC(C)=O.[Cl-]. The fourth-order valence-corrected chi connectivity index (χ4v) is 3.51. The number of hydrogen-bond acceptors (Lipinski definition) is 5. The molecule has 2 aromatic rings. The van der Waals surface area contributed by atoms with Crippen LogP contribution in [0.4, 0.5) is 11.4 Å². The maximum atomic E-state index is 12.3. The molecule has 0 spiro atoms. The minimum Gasteiger partial charge on any atom is -1.00 e. The monoisotopic (exact) mass is 418 g/mol. The lowest BCUT2D eigenvalue weighted by molar-refractivity contribution is -0.671. The Hall–Kier alpha value is -2.46. The van der Waals surface area contributed by atoms with Gasteiger partial charge in [0.2, 0.25) is 22.3 Å². The van der Waals surface area contributed by atoms with Crippen LogP contribution in [0.25, 0.3) is 0 Å². The Morgan fingerprint density at radius 1 is 1.33 bits per heavy atom. The number of phenolic OH excluding ortho intramolecular Hbond substituents is 1. The predicted molar refractivity (Wildman–Crippen MR) is 96.6 cm³/mol. The van der Waals surface area contributed by atoms with Crippen molar-refractivity contribution in [3.05, 3.63) is 30.9 Å². The smallest absolute Gasteiger partial charge is 0.243 e. The van der Waals surface area contributed by atoms with Crippen LogP contribution in [-0.2, 0) is 28.4 Å². The highest BCUT2D eigenvalue weighted by molar-refractivity contribution is 7.92. The molecule has 0 unspecified atom stereocenters. The third-order valence-corrected chi connectivity index (χ3v) is 4.90. The number of aromatic nitrogens is 2. The van der Waals surface area contributed by atoms with Gasteiger partial charge in [0.1, 0.15) is 23.9 Å². The Bertz CT molecular complexity index is 898. The highest BCUT2D eigenvalue weighted by Crippen LogP contribution is 2.36. The summed E-state index contributed by atoms with van der Waals surface area (Å²) < 4.78 is 35.8. The van der Waals surface area contributed by atoms with Crippen LogP contribution >= 0.6 is 0 Å². The zero-order valence-corrected chi connectivity index (χ0v) is 16.8. The number of halogens is 1. The molecule has 9 nitrogen and oxygen atoms in total. The summed E-state index contributed by atoms with van der Waals surface area (Å²) in [6, 6.07) is 2.56. The Morgan fingerprint density at radius 2 is 2.04 bits per heavy atom. The number of methoxy groups -OCH3 is 1. The molecule has 0 saturated carbocycles. The zero-order valence-electron chi connectivity index (χ0n) is 15.3. The molecule has 0 aliphatic heterocycles. The molecule has 1 amide bonds. The fourth-order valence-electron chi connectivity index (χ4n) is 2.40. The van der Waals surface area contributed by atoms with Crippen molar-refractivity contribution < 1.29 is 40.0 Å². The number of carbonyl (C=O) groups excluding carboxylic acids is 1. The number of ether oxygens (including phenoxy) is 1. The van der Waals surface area contributed by atoms with Crippen molar-refractivity contribution in [1.82, 2.24) is 4.57 Å². The molecule has 3 N–H and O–H groups in total. The minimum atomic E-state index is -3.65. The average molecular weight is 419 g/mol. The van der Waals surface area contributed by atoms with E-state index in [1.807, 2.05) is 34.9 Å². The number of benzene rings is 1. The first-order valence-corrected chi connectivity index (χ1v) is 9.55. The molecule has 1 heterocycles. The van der Waals surface area contributed by atoms with Gasteiger partial charge in [0.25, 0.3) is 0 Å². The average Bonchev–Trinajstić information content (AvgIpc) is 2.94. The Morgan fingerprint density at radius 3 is 2.59 bits per heavy atom. The summed E-state index contributed by atoms with van der Waals surface area (Å²) in [7, 11) is -0.388. The quantitative estimate of drug-likeness (QED) is 0.333. The van der Waals surface area contributed by atoms with Gasteiger partial charge in [0.05, 0.1) is 37.8 Å². The molecule has 0 bridgehead atoms. The normalized spacial score (nSPS) is 10.8. The van der Waals surface area contributed by atoms with Gasteiger partial charge in [-0.05, 0) is 0 Å². The van der Waals surface area contributed by atoms with E-state index in [2.05, 4.69) is 10.0 Å². The summed E-state index contributed by atoms with van der Waals surface area (Å²) in [6.07, 6.45) is 5.99. The van der Waals surface area contributed by atoms with Gasteiger partial charge in [-0.1, -0.05) is 0 Å². The van der Waals surface area contributed by atoms with E-state index in [9.17, 15) is 18.3 Å². The number of hydrogen-bond donors (Lipinski definition) is 3. The first kappa shape index (κ1) is 22.6. The number of rotatable bonds is 8. The maximum Gasteiger partial charge on any atom is 0.243 e. The standard InChI is InChI=1S/C16H22N4O5S.ClH/c1-12(21)17-14-9-15(22)13(10-16(14)25-3)18-26(23,24)8-4-5-20-7-6-19(2)11-20;/h6-7,9-11,18H,4-5,8H2,1-3H3,(H-,17,21,22);1H. The van der Waals surface area contributed by atoms with Crippen molar-refractivity contribution in [1.29, 1.82) is 0 Å². The molecule has 11 heteroatoms. The van der Waals surface area contributed by atoms with Crippen molar-refractivity contribution in [2.24, 2.45) is 7.05 Å². The lowest BCUT2D eigenvalue weighted by atomic mass is 10.2. The summed E-state index contributed by atoms with van der Waals surface area (Å²) in [5, 5.41) is 12.6. The van der Waals surface area contributed by atoms with Crippen molar-refractivity contribution in [3.63, 3.8) is 0 Å². The van der Waals surface area contributed by atoms with Crippen molar-refractivity contribution >= 4 is 27.3 Å². The lowest BCUT2D eigenvalue weighted by Gasteiger charge is -2.14. The molecular formula is C16H23ClN4O5S. The van der Waals surface area contributed by atoms with Crippen molar-refractivity contribution in [2.45, 2.75) is 19.9 Å². The third kappa shape index (κ3) is 6.65. The lowest BCUT2D eigenvalue weighted by Crippen LogP contribution is -3.00. The van der Waals surface area contributed by atoms with Crippen molar-refractivity contribution in [2.75, 3.05) is 22.9 Å². The van der Waals surface area contributed by atoms with Crippen LogP contribution in [0, 0.1) is 0 Å². The number of imidazole rings is 1. The van der Waals surface area contributed by atoms with E-state index in [1.54, 1.807) is 0 Å². The summed E-state index contributed by atoms with van der Waals surface area (Å²) in [5.41, 5.74) is 0.240. The number of phenols is 1. The number of anilines is 2. The molecule has 0 atom stereocenters. The molecule has 150 valence electrons. The molecule has 0 aliphatic rings. The first-order valence-electron chi connectivity index (χ1n) is 7.90. The maximum absolute atomic E-state index is 12.3. The highest BCUT2D eigenvalue weighted by atomic mass is 35.5. The predicted octanol–water partition coefficient (Wildman–Crippen LogP) is -2.18. The zero-order chi connectivity index (χ0) is 19.3. The second-order valence-corrected chi connectivity index (χ2v) is 7.68. The Labute approximate surface area is 164 Å². The van der Waals surface area contributed by atoms with Crippen LogP contribution in [0.1, 0.15) is 13.3 Å². The topological polar surface area (TPSA) is 114 Å². The van der Waals surface area contributed by atoms with E-state index in [1.165, 1.54) is 26.2 Å². The van der Waals surface area contributed by atoms with E-state index < -0.39 is 10.0 Å². The van der Waals surface area contributed by atoms with E-state index in [0.29, 0.717) is 13.0 Å². The second-order valence-electron chi connectivity index (χ2n) is 5.84. The van der Waals surface area contributed by atoms with Crippen molar-refractivity contribution in [3.8, 4) is 11.5 Å². The van der Waals surface area contributed by atoms with Gasteiger partial charge in [-0.2, -0.15) is 0 Å². The van der Waals surface area contributed by atoms with Gasteiger partial charge in [-0.25, -0.2) is 17.6 Å². The van der Waals surface area contributed by atoms with E-state index in [-0.39, 0.29) is 46.9 Å². The van der Waals surface area contributed by atoms with Crippen LogP contribution < -0.4 is 31.7 Å². The first-order chi connectivity index (χ1) is 12.2. The Balaban J connectivity index is 0.00000364. The fraction of sp³-hybridized carbons (Fsp3) is 0.375. The van der Waals surface area contributed by atoms with Crippen LogP contribution in [0.2, 0.25) is 0 Å². The van der Waals surface area contributed by atoms with Crippen LogP contribution in [0.15, 0.2) is 30.9 Å². The minimum absolute atomic E-state index is 0. The number of sulfonamides is 1. The number of aryl methyl sites for hydroxylation is 2. The molecule has 0 saturated heterocycles. The van der Waals surface area contributed by atoms with Gasteiger partial charge < -0.3 is 27.6 Å². The molecule has 1 aromatic heterocycles. The Kier molecular flexibility index (Phi) is 7.92. The molecule has 0 radical (unpaired) electrons. The molecular weight excluding hydrogens is 396 g/mol. The van der Waals surface area contributed by atoms with Crippen LogP contribution in [-0.4, -0.2) is 36.9 Å². The number of nitrogens with zero attached hydrogens (tertiary/aromatic N) is 2. The molecule has 0 fully saturated rings. The van der Waals surface area contributed by atoms with E-state index in [0.717, 1.165) is 0 Å². The van der Waals surface area contributed by atoms with Gasteiger partial charge in [0, 0.05) is 25.5 Å². The summed E-state index contributed by atoms with van der Waals surface area (Å²) in [4.78, 5) is 11.2. The highest BCUT2D eigenvalue weighted by Gasteiger charge is 2.17. The summed E-state index contributed by atoms with van der Waals surface area (Å²) in [5.74, 6) is -0.523. The molecule has 0 aliphatic carbocycles. The molecule has 1 aromatic carbocycles. The number of amides is 1. The number of carbonyl (C=O) groups is 1. The van der Waals surface area contributed by atoms with E-state index in [4.69, 9.17) is 4.74 Å². The van der Waals surface area contributed by atoms with Gasteiger partial charge in [-0.3, -0.25) is 9.52 Å². The third-order valence-electron chi connectivity index (χ3n) is 3.55. The van der Waals surface area contributed by atoms with Gasteiger partial charge in [0.15, 0.2) is 0 Å². The number of nitrogens with one attached hydrogen (secondary N) is 2. The largest absolute Gasteiger partial charge is 1.00 e. The number of aromatic hydroxyl groups is 1. The molecule has 27 heavy (non-hydrogen) atoms. The summed E-state index contributed by atoms with van der Waals surface area (Å²) in [6.45, 7) is 1.87. The second kappa shape index (κ2) is 9.47.